The monoisotopic (exact) mass is 472 g/mol. The van der Waals surface area contributed by atoms with E-state index in [0.717, 1.165) is 10.2 Å². The molecule has 5 rings (SSSR count). The predicted molar refractivity (Wildman–Crippen MR) is 130 cm³/mol. The van der Waals surface area contributed by atoms with Crippen molar-refractivity contribution in [3.8, 4) is 11.5 Å². The minimum atomic E-state index is -0.902. The summed E-state index contributed by atoms with van der Waals surface area (Å²) < 4.78 is 11.7. The number of para-hydroxylation sites is 1. The summed E-state index contributed by atoms with van der Waals surface area (Å²) in [6, 6.07) is 20.4. The van der Waals surface area contributed by atoms with Crippen LogP contribution in [0.25, 0.3) is 16.0 Å². The standard InChI is InChI=1S/C26H20N2O5S/c1-32-18-13-12-16(14-19(18)33-2)22-21(23(29)15-8-4-3-5-9-15)24(30)25(31)28(22)26-27-17-10-6-7-11-20(17)34-26/h3-14,22,29H,1-2H3/b23-21-. The summed E-state index contributed by atoms with van der Waals surface area (Å²) in [4.78, 5) is 32.6. The number of benzene rings is 3. The number of rotatable bonds is 5. The van der Waals surface area contributed by atoms with Crippen LogP contribution in [0.1, 0.15) is 17.2 Å². The molecule has 0 aliphatic carbocycles. The third-order valence-electron chi connectivity index (χ3n) is 5.70. The van der Waals surface area contributed by atoms with E-state index in [1.807, 2.05) is 30.3 Å². The minimum Gasteiger partial charge on any atom is -0.507 e. The number of fused-ring (bicyclic) bond motifs is 1. The number of amides is 1. The second-order valence-corrected chi connectivity index (χ2v) is 8.62. The number of Topliss-reactive ketones (excluding diaryl/α,β-unsaturated/α-hetero) is 1. The number of aliphatic hydroxyl groups excluding tert-OH is 1. The summed E-state index contributed by atoms with van der Waals surface area (Å²) in [5, 5.41) is 11.5. The second kappa shape index (κ2) is 8.64. The first-order valence-electron chi connectivity index (χ1n) is 10.5. The Labute approximate surface area is 199 Å². The number of hydrogen-bond acceptors (Lipinski definition) is 7. The molecule has 170 valence electrons. The van der Waals surface area contributed by atoms with E-state index in [-0.39, 0.29) is 11.3 Å². The van der Waals surface area contributed by atoms with Gasteiger partial charge in [0.05, 0.1) is 36.1 Å². The molecular formula is C26H20N2O5S. The average molecular weight is 473 g/mol. The molecule has 0 radical (unpaired) electrons. The van der Waals surface area contributed by atoms with E-state index in [1.165, 1.54) is 30.5 Å². The van der Waals surface area contributed by atoms with Gasteiger partial charge in [0.15, 0.2) is 16.6 Å². The van der Waals surface area contributed by atoms with Crippen LogP contribution in [0, 0.1) is 0 Å². The van der Waals surface area contributed by atoms with Crippen molar-refractivity contribution in [1.29, 1.82) is 0 Å². The van der Waals surface area contributed by atoms with Crippen LogP contribution in [0.2, 0.25) is 0 Å². The third-order valence-corrected chi connectivity index (χ3v) is 6.74. The molecule has 2 heterocycles. The van der Waals surface area contributed by atoms with Crippen molar-refractivity contribution < 1.29 is 24.2 Å². The van der Waals surface area contributed by atoms with E-state index >= 15 is 0 Å². The molecule has 1 aliphatic heterocycles. The normalized spacial score (nSPS) is 17.4. The predicted octanol–water partition coefficient (Wildman–Crippen LogP) is 4.94. The first kappa shape index (κ1) is 21.7. The topological polar surface area (TPSA) is 89.0 Å². The van der Waals surface area contributed by atoms with Crippen LogP contribution in [0.5, 0.6) is 11.5 Å². The summed E-state index contributed by atoms with van der Waals surface area (Å²) in [5.74, 6) is -0.833. The van der Waals surface area contributed by atoms with Gasteiger partial charge in [0.1, 0.15) is 5.76 Å². The zero-order valence-electron chi connectivity index (χ0n) is 18.4. The number of aliphatic hydroxyl groups is 1. The Morgan fingerprint density at radius 2 is 1.65 bits per heavy atom. The van der Waals surface area contributed by atoms with Crippen molar-refractivity contribution in [2.24, 2.45) is 0 Å². The van der Waals surface area contributed by atoms with Gasteiger partial charge in [-0.15, -0.1) is 0 Å². The zero-order valence-corrected chi connectivity index (χ0v) is 19.2. The van der Waals surface area contributed by atoms with E-state index in [0.29, 0.717) is 27.8 Å². The van der Waals surface area contributed by atoms with Gasteiger partial charge >= 0.3 is 5.91 Å². The highest BCUT2D eigenvalue weighted by atomic mass is 32.1. The molecule has 8 heteroatoms. The summed E-state index contributed by atoms with van der Waals surface area (Å²) in [5.41, 5.74) is 1.73. The quantitative estimate of drug-likeness (QED) is 0.251. The molecular weight excluding hydrogens is 452 g/mol. The van der Waals surface area contributed by atoms with Gasteiger partial charge in [-0.3, -0.25) is 14.5 Å². The molecule has 0 saturated carbocycles. The highest BCUT2D eigenvalue weighted by molar-refractivity contribution is 7.22. The fourth-order valence-corrected chi connectivity index (χ4v) is 5.07. The van der Waals surface area contributed by atoms with Gasteiger partial charge in [-0.25, -0.2) is 4.98 Å². The molecule has 1 fully saturated rings. The van der Waals surface area contributed by atoms with Crippen LogP contribution in [0.15, 0.2) is 78.4 Å². The van der Waals surface area contributed by atoms with Crippen LogP contribution >= 0.6 is 11.3 Å². The first-order valence-corrected chi connectivity index (χ1v) is 11.3. The van der Waals surface area contributed by atoms with Gasteiger partial charge in [0, 0.05) is 5.56 Å². The number of hydrogen-bond donors (Lipinski definition) is 1. The number of carbonyl (C=O) groups excluding carboxylic acids is 2. The van der Waals surface area contributed by atoms with Crippen molar-refractivity contribution >= 4 is 44.1 Å². The Bertz CT molecular complexity index is 1410. The van der Waals surface area contributed by atoms with Crippen molar-refractivity contribution in [2.45, 2.75) is 6.04 Å². The van der Waals surface area contributed by atoms with E-state index in [9.17, 15) is 14.7 Å². The Balaban J connectivity index is 1.75. The molecule has 1 N–H and O–H groups in total. The number of anilines is 1. The van der Waals surface area contributed by atoms with Gasteiger partial charge < -0.3 is 14.6 Å². The van der Waals surface area contributed by atoms with E-state index in [4.69, 9.17) is 9.47 Å². The van der Waals surface area contributed by atoms with Crippen molar-refractivity contribution in [2.75, 3.05) is 19.1 Å². The Morgan fingerprint density at radius 1 is 0.941 bits per heavy atom. The molecule has 1 aromatic heterocycles. The zero-order chi connectivity index (χ0) is 23.8. The number of nitrogens with zero attached hydrogens (tertiary/aromatic N) is 2. The number of methoxy groups -OCH3 is 2. The van der Waals surface area contributed by atoms with Crippen LogP contribution in [0.4, 0.5) is 5.13 Å². The molecule has 4 aromatic rings. The van der Waals surface area contributed by atoms with E-state index in [1.54, 1.807) is 42.5 Å². The highest BCUT2D eigenvalue weighted by Crippen LogP contribution is 2.45. The molecule has 1 atom stereocenters. The van der Waals surface area contributed by atoms with Crippen LogP contribution in [-0.2, 0) is 9.59 Å². The summed E-state index contributed by atoms with van der Waals surface area (Å²) in [6.07, 6.45) is 0. The van der Waals surface area contributed by atoms with E-state index < -0.39 is 17.7 Å². The van der Waals surface area contributed by atoms with Crippen molar-refractivity contribution in [1.82, 2.24) is 4.98 Å². The number of aromatic nitrogens is 1. The maximum absolute atomic E-state index is 13.3. The molecule has 3 aromatic carbocycles. The number of thiazole rings is 1. The second-order valence-electron chi connectivity index (χ2n) is 7.61. The molecule has 1 unspecified atom stereocenters. The molecule has 0 spiro atoms. The average Bonchev–Trinajstić information content (AvgIpc) is 3.42. The van der Waals surface area contributed by atoms with Gasteiger partial charge in [-0.2, -0.15) is 0 Å². The maximum Gasteiger partial charge on any atom is 0.301 e. The van der Waals surface area contributed by atoms with Crippen molar-refractivity contribution in [3.05, 3.63) is 89.5 Å². The summed E-state index contributed by atoms with van der Waals surface area (Å²) in [6.45, 7) is 0. The smallest absolute Gasteiger partial charge is 0.301 e. The fourth-order valence-electron chi connectivity index (χ4n) is 4.08. The molecule has 34 heavy (non-hydrogen) atoms. The molecule has 1 saturated heterocycles. The lowest BCUT2D eigenvalue weighted by molar-refractivity contribution is -0.132. The van der Waals surface area contributed by atoms with Crippen molar-refractivity contribution in [3.63, 3.8) is 0 Å². The molecule has 1 amide bonds. The Morgan fingerprint density at radius 3 is 2.35 bits per heavy atom. The van der Waals surface area contributed by atoms with Crippen LogP contribution in [-0.4, -0.2) is 36.0 Å². The highest BCUT2D eigenvalue weighted by Gasteiger charge is 2.48. The van der Waals surface area contributed by atoms with Gasteiger partial charge in [0.25, 0.3) is 5.78 Å². The van der Waals surface area contributed by atoms with E-state index in [2.05, 4.69) is 4.98 Å². The summed E-state index contributed by atoms with van der Waals surface area (Å²) >= 11 is 1.31. The lowest BCUT2D eigenvalue weighted by atomic mass is 9.95. The fraction of sp³-hybridized carbons (Fsp3) is 0.115. The van der Waals surface area contributed by atoms with Crippen LogP contribution < -0.4 is 14.4 Å². The summed E-state index contributed by atoms with van der Waals surface area (Å²) in [7, 11) is 3.04. The Hall–Kier alpha value is -4.17. The maximum atomic E-state index is 13.3. The first-order chi connectivity index (χ1) is 16.5. The van der Waals surface area contributed by atoms with Gasteiger partial charge in [-0.1, -0.05) is 59.9 Å². The third kappa shape index (κ3) is 3.48. The Kier molecular flexibility index (Phi) is 5.51. The number of carbonyl (C=O) groups is 2. The minimum absolute atomic E-state index is 0.0114. The largest absolute Gasteiger partial charge is 0.507 e. The number of ketones is 1. The lowest BCUT2D eigenvalue weighted by Crippen LogP contribution is -2.29. The SMILES string of the molecule is COc1ccc(C2/C(=C(/O)c3ccccc3)C(=O)C(=O)N2c2nc3ccccc3s2)cc1OC. The lowest BCUT2D eigenvalue weighted by Gasteiger charge is -2.23. The molecule has 1 aliphatic rings. The number of ether oxygens (including phenoxy) is 2. The molecule has 0 bridgehead atoms. The molecule has 7 nitrogen and oxygen atoms in total. The van der Waals surface area contributed by atoms with Crippen LogP contribution in [0.3, 0.4) is 0 Å². The van der Waals surface area contributed by atoms with Gasteiger partial charge in [-0.05, 0) is 29.8 Å². The van der Waals surface area contributed by atoms with Gasteiger partial charge in [0.2, 0.25) is 0 Å².